The van der Waals surface area contributed by atoms with Crippen molar-refractivity contribution in [3.8, 4) is 0 Å². The van der Waals surface area contributed by atoms with Crippen LogP contribution in [0.1, 0.15) is 0 Å². The molecule has 0 fully saturated rings. The van der Waals surface area contributed by atoms with Gasteiger partial charge >= 0.3 is 13.2 Å². The van der Waals surface area contributed by atoms with Gasteiger partial charge in [0.05, 0.1) is 7.11 Å². The van der Waals surface area contributed by atoms with Crippen LogP contribution in [0.3, 0.4) is 0 Å². The predicted octanol–water partition coefficient (Wildman–Crippen LogP) is 0.00390. The van der Waals surface area contributed by atoms with E-state index in [0.717, 1.165) is 5.06 Å². The molecule has 0 aromatic heterocycles. The van der Waals surface area contributed by atoms with Gasteiger partial charge in [0, 0.05) is 7.05 Å². The number of carbonyl (C=O) groups excluding carboxylic acids is 1. The number of benzene rings is 1. The highest BCUT2D eigenvalue weighted by Gasteiger charge is 2.23. The molecule has 1 rings (SSSR count). The maximum absolute atomic E-state index is 11.2. The van der Waals surface area contributed by atoms with E-state index in [9.17, 15) is 9.82 Å². The van der Waals surface area contributed by atoms with E-state index in [-0.39, 0.29) is 0 Å². The number of amides is 1. The van der Waals surface area contributed by atoms with E-state index in [1.165, 1.54) is 14.2 Å². The molecule has 0 aliphatic heterocycles. The Kier molecular flexibility index (Phi) is 4.14. The van der Waals surface area contributed by atoms with Gasteiger partial charge in [-0.2, -0.15) is 5.06 Å². The van der Waals surface area contributed by atoms with Gasteiger partial charge in [-0.3, -0.25) is 4.84 Å². The summed E-state index contributed by atoms with van der Waals surface area (Å²) >= 11 is 0. The number of hydrogen-bond acceptors (Lipinski definition) is 4. The SMILES string of the molecule is CON(C)C(=O)OB(O)c1ccccc1. The molecule has 1 amide bonds. The first-order valence-corrected chi connectivity index (χ1v) is 4.36. The molecule has 0 radical (unpaired) electrons. The van der Waals surface area contributed by atoms with Crippen molar-refractivity contribution in [2.75, 3.05) is 14.2 Å². The molecular weight excluding hydrogens is 197 g/mol. The summed E-state index contributed by atoms with van der Waals surface area (Å²) in [7, 11) is 1.44. The molecule has 1 aromatic rings. The maximum Gasteiger partial charge on any atom is 0.563 e. The molecule has 5 nitrogen and oxygen atoms in total. The number of hydroxylamine groups is 2. The Morgan fingerprint density at radius 3 is 2.53 bits per heavy atom. The van der Waals surface area contributed by atoms with Gasteiger partial charge in [0.25, 0.3) is 0 Å². The van der Waals surface area contributed by atoms with E-state index in [1.807, 2.05) is 0 Å². The number of rotatable bonds is 3. The molecule has 15 heavy (non-hydrogen) atoms. The molecule has 0 aliphatic rings. The van der Waals surface area contributed by atoms with Gasteiger partial charge < -0.3 is 9.68 Å². The van der Waals surface area contributed by atoms with E-state index in [0.29, 0.717) is 5.46 Å². The Labute approximate surface area is 88.3 Å². The minimum atomic E-state index is -1.28. The van der Waals surface area contributed by atoms with Crippen LogP contribution in [0.4, 0.5) is 4.79 Å². The molecule has 0 atom stereocenters. The molecule has 0 bridgehead atoms. The fourth-order valence-corrected chi connectivity index (χ4v) is 0.930. The Hall–Kier alpha value is -1.53. The van der Waals surface area contributed by atoms with Crippen LogP contribution >= 0.6 is 0 Å². The van der Waals surface area contributed by atoms with Crippen LogP contribution < -0.4 is 5.46 Å². The summed E-state index contributed by atoms with van der Waals surface area (Å²) in [6, 6.07) is 8.60. The number of nitrogens with zero attached hydrogens (tertiary/aromatic N) is 1. The molecule has 1 aromatic carbocycles. The van der Waals surface area contributed by atoms with Crippen LogP contribution in [0.5, 0.6) is 0 Å². The minimum Gasteiger partial charge on any atom is -0.487 e. The second-order valence-corrected chi connectivity index (χ2v) is 2.83. The van der Waals surface area contributed by atoms with E-state index in [1.54, 1.807) is 30.3 Å². The van der Waals surface area contributed by atoms with E-state index >= 15 is 0 Å². The van der Waals surface area contributed by atoms with Crippen molar-refractivity contribution in [2.24, 2.45) is 0 Å². The average molecular weight is 209 g/mol. The third-order valence-corrected chi connectivity index (χ3v) is 1.83. The predicted molar refractivity (Wildman–Crippen MR) is 55.3 cm³/mol. The maximum atomic E-state index is 11.2. The summed E-state index contributed by atoms with van der Waals surface area (Å²) in [5.41, 5.74) is 0.510. The van der Waals surface area contributed by atoms with Gasteiger partial charge in [0.1, 0.15) is 0 Å². The largest absolute Gasteiger partial charge is 0.563 e. The lowest BCUT2D eigenvalue weighted by Gasteiger charge is -2.15. The van der Waals surface area contributed by atoms with Gasteiger partial charge in [-0.15, -0.1) is 0 Å². The summed E-state index contributed by atoms with van der Waals surface area (Å²) in [4.78, 5) is 15.8. The van der Waals surface area contributed by atoms with Crippen molar-refractivity contribution in [2.45, 2.75) is 0 Å². The lowest BCUT2D eigenvalue weighted by Crippen LogP contribution is -2.39. The Morgan fingerprint density at radius 1 is 1.40 bits per heavy atom. The Bertz CT molecular complexity index is 319. The highest BCUT2D eigenvalue weighted by molar-refractivity contribution is 6.61. The van der Waals surface area contributed by atoms with Gasteiger partial charge in [0.2, 0.25) is 0 Å². The fraction of sp³-hybridized carbons (Fsp3) is 0.222. The standard InChI is InChI=1S/C9H12BNO4/c1-11(14-2)9(12)15-10(13)8-6-4-3-5-7-8/h3-7,13H,1-2H3. The highest BCUT2D eigenvalue weighted by atomic mass is 16.7. The zero-order chi connectivity index (χ0) is 11.3. The quantitative estimate of drug-likeness (QED) is 0.562. The minimum absolute atomic E-state index is 0.510. The molecule has 0 unspecified atom stereocenters. The van der Waals surface area contributed by atoms with Crippen molar-refractivity contribution in [1.82, 2.24) is 5.06 Å². The van der Waals surface area contributed by atoms with Crippen molar-refractivity contribution < 1.29 is 19.3 Å². The second-order valence-electron chi connectivity index (χ2n) is 2.83. The molecule has 0 spiro atoms. The molecule has 1 N–H and O–H groups in total. The first kappa shape index (κ1) is 11.5. The van der Waals surface area contributed by atoms with Crippen molar-refractivity contribution in [3.05, 3.63) is 30.3 Å². The fourth-order valence-electron chi connectivity index (χ4n) is 0.930. The summed E-state index contributed by atoms with van der Waals surface area (Å²) in [5, 5.41) is 10.4. The van der Waals surface area contributed by atoms with Crippen LogP contribution in [-0.4, -0.2) is 37.5 Å². The molecular formula is C9H12BNO4. The Morgan fingerprint density at radius 2 is 2.00 bits per heavy atom. The van der Waals surface area contributed by atoms with Crippen LogP contribution in [-0.2, 0) is 9.49 Å². The summed E-state index contributed by atoms with van der Waals surface area (Å²) in [5.74, 6) is 0. The normalized spacial score (nSPS) is 9.53. The van der Waals surface area contributed by atoms with E-state index < -0.39 is 13.2 Å². The number of hydrogen-bond donors (Lipinski definition) is 1. The average Bonchev–Trinajstić information content (AvgIpc) is 2.29. The topological polar surface area (TPSA) is 59.0 Å². The highest BCUT2D eigenvalue weighted by Crippen LogP contribution is 1.93. The van der Waals surface area contributed by atoms with Crippen LogP contribution in [0.15, 0.2) is 30.3 Å². The van der Waals surface area contributed by atoms with Crippen LogP contribution in [0.2, 0.25) is 0 Å². The zero-order valence-electron chi connectivity index (χ0n) is 8.58. The summed E-state index contributed by atoms with van der Waals surface area (Å²) < 4.78 is 4.71. The molecule has 6 heteroatoms. The first-order valence-electron chi connectivity index (χ1n) is 4.36. The molecule has 0 saturated heterocycles. The lowest BCUT2D eigenvalue weighted by atomic mass is 9.80. The van der Waals surface area contributed by atoms with Gasteiger partial charge in [-0.25, -0.2) is 4.79 Å². The number of carbonyl (C=O) groups is 1. The van der Waals surface area contributed by atoms with Crippen LogP contribution in [0.25, 0.3) is 0 Å². The summed E-state index contributed by atoms with van der Waals surface area (Å²) in [6.07, 6.45) is -0.756. The zero-order valence-corrected chi connectivity index (χ0v) is 8.58. The summed E-state index contributed by atoms with van der Waals surface area (Å²) in [6.45, 7) is 0. The third-order valence-electron chi connectivity index (χ3n) is 1.83. The van der Waals surface area contributed by atoms with Gasteiger partial charge in [-0.1, -0.05) is 30.3 Å². The molecule has 0 aliphatic carbocycles. The van der Waals surface area contributed by atoms with Crippen LogP contribution in [0, 0.1) is 0 Å². The molecule has 0 heterocycles. The third kappa shape index (κ3) is 3.27. The van der Waals surface area contributed by atoms with E-state index in [4.69, 9.17) is 4.65 Å². The smallest absolute Gasteiger partial charge is 0.487 e. The van der Waals surface area contributed by atoms with Crippen molar-refractivity contribution in [1.29, 1.82) is 0 Å². The van der Waals surface area contributed by atoms with E-state index in [2.05, 4.69) is 4.84 Å². The second kappa shape index (κ2) is 5.38. The van der Waals surface area contributed by atoms with Crippen molar-refractivity contribution >= 4 is 18.7 Å². The lowest BCUT2D eigenvalue weighted by molar-refractivity contribution is -0.0804. The first-order chi connectivity index (χ1) is 7.15. The van der Waals surface area contributed by atoms with Crippen molar-refractivity contribution in [3.63, 3.8) is 0 Å². The monoisotopic (exact) mass is 209 g/mol. The van der Waals surface area contributed by atoms with Gasteiger partial charge in [0.15, 0.2) is 0 Å². The molecule has 80 valence electrons. The van der Waals surface area contributed by atoms with Gasteiger partial charge in [-0.05, 0) is 5.46 Å². The molecule has 0 saturated carbocycles. The Balaban J connectivity index is 2.56.